The monoisotopic (exact) mass is 459 g/mol. The van der Waals surface area contributed by atoms with E-state index in [1.54, 1.807) is 19.1 Å². The first-order valence-electron chi connectivity index (χ1n) is 9.60. The maximum absolute atomic E-state index is 13.2. The van der Waals surface area contributed by atoms with Gasteiger partial charge in [-0.15, -0.1) is 22.7 Å². The summed E-state index contributed by atoms with van der Waals surface area (Å²) in [5.41, 5.74) is 2.59. The minimum atomic E-state index is -3.43. The maximum atomic E-state index is 13.2. The maximum Gasteiger partial charge on any atom is 0.256 e. The third-order valence-corrected chi connectivity index (χ3v) is 8.44. The summed E-state index contributed by atoms with van der Waals surface area (Å²) in [7, 11) is -3.43. The van der Waals surface area contributed by atoms with E-state index < -0.39 is 15.7 Å². The van der Waals surface area contributed by atoms with Gasteiger partial charge in [-0.2, -0.15) is 0 Å². The van der Waals surface area contributed by atoms with Gasteiger partial charge in [-0.1, -0.05) is 12.1 Å². The summed E-state index contributed by atoms with van der Waals surface area (Å²) < 4.78 is 23.8. The van der Waals surface area contributed by atoms with Crippen LogP contribution in [0.1, 0.15) is 54.4 Å². The molecule has 1 aliphatic carbocycles. The molecule has 0 saturated heterocycles. The Balaban J connectivity index is 1.74. The summed E-state index contributed by atoms with van der Waals surface area (Å²) in [5.74, 6) is -0.474. The number of ketones is 1. The lowest BCUT2D eigenvalue weighted by Crippen LogP contribution is -2.16. The van der Waals surface area contributed by atoms with Crippen LogP contribution in [0.4, 0.5) is 5.00 Å². The third-order valence-electron chi connectivity index (χ3n) is 5.25. The van der Waals surface area contributed by atoms with Crippen LogP contribution in [0.15, 0.2) is 40.6 Å². The first-order chi connectivity index (χ1) is 14.3. The van der Waals surface area contributed by atoms with Crippen molar-refractivity contribution in [2.45, 2.75) is 37.5 Å². The van der Waals surface area contributed by atoms with Gasteiger partial charge >= 0.3 is 0 Å². The highest BCUT2D eigenvalue weighted by Gasteiger charge is 2.28. The van der Waals surface area contributed by atoms with Crippen LogP contribution in [0.5, 0.6) is 0 Å². The van der Waals surface area contributed by atoms with Gasteiger partial charge in [0.15, 0.2) is 9.84 Å². The molecular weight excluding hydrogens is 438 g/mol. The van der Waals surface area contributed by atoms with E-state index in [9.17, 15) is 18.0 Å². The predicted octanol–water partition coefficient (Wildman–Crippen LogP) is 4.88. The molecule has 156 valence electrons. The average Bonchev–Trinajstić information content (AvgIpc) is 3.34. The fourth-order valence-electron chi connectivity index (χ4n) is 3.67. The number of anilines is 1. The second kappa shape index (κ2) is 8.09. The second-order valence-electron chi connectivity index (χ2n) is 7.42. The molecule has 4 rings (SSSR count). The minimum absolute atomic E-state index is 0.0682. The Morgan fingerprint density at radius 1 is 1.10 bits per heavy atom. The van der Waals surface area contributed by atoms with Gasteiger partial charge in [0.05, 0.1) is 15.3 Å². The van der Waals surface area contributed by atoms with Gasteiger partial charge in [0.25, 0.3) is 5.91 Å². The summed E-state index contributed by atoms with van der Waals surface area (Å²) >= 11 is 2.85. The number of hydrogen-bond donors (Lipinski definition) is 1. The molecule has 1 aromatic carbocycles. The molecule has 0 aliphatic heterocycles. The van der Waals surface area contributed by atoms with E-state index in [1.807, 2.05) is 11.4 Å². The van der Waals surface area contributed by atoms with Crippen molar-refractivity contribution in [3.63, 3.8) is 0 Å². The molecule has 2 heterocycles. The van der Waals surface area contributed by atoms with Crippen LogP contribution in [-0.4, -0.2) is 26.4 Å². The van der Waals surface area contributed by atoms with Crippen LogP contribution in [0, 0.1) is 6.92 Å². The lowest BCUT2D eigenvalue weighted by atomic mass is 9.93. The SMILES string of the molecule is Cc1ccc(S(C)(=O)=O)cc1C(=O)Nc1sc2c(c1C(=O)c1cccs1)CCCC2. The van der Waals surface area contributed by atoms with E-state index in [0.29, 0.717) is 26.6 Å². The normalized spacial score (nSPS) is 13.7. The molecule has 2 aromatic heterocycles. The summed E-state index contributed by atoms with van der Waals surface area (Å²) in [5, 5.41) is 5.33. The molecule has 0 spiro atoms. The summed E-state index contributed by atoms with van der Waals surface area (Å²) in [4.78, 5) is 28.2. The van der Waals surface area contributed by atoms with Gasteiger partial charge in [0.1, 0.15) is 5.00 Å². The molecule has 0 saturated carbocycles. The molecule has 0 fully saturated rings. The van der Waals surface area contributed by atoms with Gasteiger partial charge < -0.3 is 5.32 Å². The van der Waals surface area contributed by atoms with Crippen molar-refractivity contribution in [1.29, 1.82) is 0 Å². The zero-order valence-corrected chi connectivity index (χ0v) is 19.1. The molecule has 5 nitrogen and oxygen atoms in total. The molecule has 0 unspecified atom stereocenters. The van der Waals surface area contributed by atoms with E-state index in [0.717, 1.165) is 42.4 Å². The highest BCUT2D eigenvalue weighted by molar-refractivity contribution is 7.90. The fraction of sp³-hybridized carbons (Fsp3) is 0.273. The number of carbonyl (C=O) groups excluding carboxylic acids is 2. The lowest BCUT2D eigenvalue weighted by Gasteiger charge is -2.12. The standard InChI is InChI=1S/C22H21NO4S3/c1-13-9-10-14(30(2,26)27)12-16(13)21(25)23-22-19(20(24)18-8-5-11-28-18)15-6-3-4-7-17(15)29-22/h5,8-12H,3-4,6-7H2,1-2H3,(H,23,25). The van der Waals surface area contributed by atoms with Crippen LogP contribution in [0.2, 0.25) is 0 Å². The number of thiophene rings is 2. The Morgan fingerprint density at radius 2 is 1.87 bits per heavy atom. The number of sulfone groups is 1. The van der Waals surface area contributed by atoms with E-state index in [1.165, 1.54) is 34.8 Å². The first-order valence-corrected chi connectivity index (χ1v) is 13.2. The number of amides is 1. The van der Waals surface area contributed by atoms with Crippen LogP contribution in [0.25, 0.3) is 0 Å². The minimum Gasteiger partial charge on any atom is -0.313 e. The van der Waals surface area contributed by atoms with Crippen LogP contribution >= 0.6 is 22.7 Å². The molecule has 1 amide bonds. The summed E-state index contributed by atoms with van der Waals surface area (Å²) in [6.45, 7) is 1.76. The van der Waals surface area contributed by atoms with E-state index >= 15 is 0 Å². The second-order valence-corrected chi connectivity index (χ2v) is 11.5. The highest BCUT2D eigenvalue weighted by atomic mass is 32.2. The highest BCUT2D eigenvalue weighted by Crippen LogP contribution is 2.40. The van der Waals surface area contributed by atoms with Crippen molar-refractivity contribution in [1.82, 2.24) is 0 Å². The number of rotatable bonds is 5. The number of fused-ring (bicyclic) bond motifs is 1. The molecule has 1 N–H and O–H groups in total. The Hall–Kier alpha value is -2.29. The summed E-state index contributed by atoms with van der Waals surface area (Å²) in [6.07, 6.45) is 4.95. The number of aryl methyl sites for hydroxylation is 2. The largest absolute Gasteiger partial charge is 0.313 e. The van der Waals surface area contributed by atoms with Crippen LogP contribution in [-0.2, 0) is 22.7 Å². The lowest BCUT2D eigenvalue weighted by molar-refractivity contribution is 0.102. The van der Waals surface area contributed by atoms with Gasteiger partial charge in [0.2, 0.25) is 5.78 Å². The zero-order valence-electron chi connectivity index (χ0n) is 16.7. The molecule has 0 atom stereocenters. The number of carbonyl (C=O) groups is 2. The van der Waals surface area contributed by atoms with Crippen LogP contribution in [0.3, 0.4) is 0 Å². The van der Waals surface area contributed by atoms with Crippen molar-refractivity contribution >= 4 is 49.2 Å². The number of nitrogens with one attached hydrogen (secondary N) is 1. The van der Waals surface area contributed by atoms with Gasteiger partial charge in [-0.05, 0) is 67.3 Å². The Bertz CT molecular complexity index is 1240. The molecule has 1 aliphatic rings. The van der Waals surface area contributed by atoms with Crippen molar-refractivity contribution in [2.75, 3.05) is 11.6 Å². The first kappa shape index (κ1) is 21.0. The number of hydrogen-bond acceptors (Lipinski definition) is 6. The quantitative estimate of drug-likeness (QED) is 0.551. The van der Waals surface area contributed by atoms with Gasteiger partial charge in [-0.3, -0.25) is 9.59 Å². The fourth-order valence-corrected chi connectivity index (χ4v) is 6.27. The summed E-state index contributed by atoms with van der Waals surface area (Å²) in [6, 6.07) is 8.16. The molecule has 0 radical (unpaired) electrons. The van der Waals surface area contributed by atoms with E-state index in [-0.39, 0.29) is 10.7 Å². The van der Waals surface area contributed by atoms with E-state index in [2.05, 4.69) is 5.32 Å². The van der Waals surface area contributed by atoms with Gasteiger partial charge in [-0.25, -0.2) is 8.42 Å². The van der Waals surface area contributed by atoms with Crippen LogP contribution < -0.4 is 5.32 Å². The Labute approximate surface area is 183 Å². The third kappa shape index (κ3) is 3.99. The zero-order chi connectivity index (χ0) is 21.5. The Kier molecular flexibility index (Phi) is 5.65. The molecule has 3 aromatic rings. The van der Waals surface area contributed by atoms with Gasteiger partial charge in [0, 0.05) is 16.7 Å². The van der Waals surface area contributed by atoms with Crippen molar-refractivity contribution < 1.29 is 18.0 Å². The van der Waals surface area contributed by atoms with E-state index in [4.69, 9.17) is 0 Å². The number of benzene rings is 1. The molecule has 0 bridgehead atoms. The van der Waals surface area contributed by atoms with Crippen molar-refractivity contribution in [3.8, 4) is 0 Å². The van der Waals surface area contributed by atoms with Crippen molar-refractivity contribution in [2.24, 2.45) is 0 Å². The molecular formula is C22H21NO4S3. The topological polar surface area (TPSA) is 80.3 Å². The average molecular weight is 460 g/mol. The molecule has 30 heavy (non-hydrogen) atoms. The Morgan fingerprint density at radius 3 is 2.57 bits per heavy atom. The molecule has 8 heteroatoms. The smallest absolute Gasteiger partial charge is 0.256 e. The predicted molar refractivity (Wildman–Crippen MR) is 121 cm³/mol. The van der Waals surface area contributed by atoms with Crippen molar-refractivity contribution in [3.05, 3.63) is 67.7 Å².